The molecule has 2 aromatic carbocycles. The fourth-order valence-electron chi connectivity index (χ4n) is 2.39. The molecule has 0 aliphatic rings. The smallest absolute Gasteiger partial charge is 0.119 e. The highest BCUT2D eigenvalue weighted by molar-refractivity contribution is 5.38. The number of hydrogen-bond acceptors (Lipinski definition) is 3. The van der Waals surface area contributed by atoms with E-state index in [0.717, 1.165) is 12.1 Å². The molecule has 0 saturated heterocycles. The zero-order valence-corrected chi connectivity index (χ0v) is 12.8. The van der Waals surface area contributed by atoms with Gasteiger partial charge in [-0.15, -0.1) is 0 Å². The number of benzene rings is 2. The van der Waals surface area contributed by atoms with E-state index >= 15 is 0 Å². The summed E-state index contributed by atoms with van der Waals surface area (Å²) in [4.78, 5) is 0. The molecular weight excluding hydrogens is 262 g/mol. The van der Waals surface area contributed by atoms with Crippen LogP contribution in [0, 0.1) is 0 Å². The number of nitrogens with one attached hydrogen (secondary N) is 1. The van der Waals surface area contributed by atoms with Gasteiger partial charge in [-0.3, -0.25) is 0 Å². The van der Waals surface area contributed by atoms with Crippen molar-refractivity contribution in [2.45, 2.75) is 32.2 Å². The first-order valence-corrected chi connectivity index (χ1v) is 7.20. The second kappa shape index (κ2) is 6.19. The summed E-state index contributed by atoms with van der Waals surface area (Å²) in [7, 11) is 0. The van der Waals surface area contributed by atoms with Crippen molar-refractivity contribution in [2.75, 3.05) is 6.54 Å². The number of phenols is 2. The molecule has 0 amide bonds. The van der Waals surface area contributed by atoms with Crippen molar-refractivity contribution in [1.29, 1.82) is 0 Å². The number of phenolic OH excluding ortho intramolecular Hbond substituents is 2. The highest BCUT2D eigenvalue weighted by Crippen LogP contribution is 2.26. The van der Waals surface area contributed by atoms with Crippen molar-refractivity contribution in [2.24, 2.45) is 0 Å². The van der Waals surface area contributed by atoms with Crippen LogP contribution >= 0.6 is 0 Å². The molecule has 0 heterocycles. The van der Waals surface area contributed by atoms with Crippen LogP contribution in [0.15, 0.2) is 48.5 Å². The molecule has 0 aliphatic carbocycles. The summed E-state index contributed by atoms with van der Waals surface area (Å²) in [5, 5.41) is 22.6. The molecule has 1 unspecified atom stereocenters. The van der Waals surface area contributed by atoms with Gasteiger partial charge in [0.25, 0.3) is 0 Å². The molecule has 2 rings (SSSR count). The van der Waals surface area contributed by atoms with Crippen molar-refractivity contribution < 1.29 is 10.2 Å². The predicted molar refractivity (Wildman–Crippen MR) is 85.7 cm³/mol. The Bertz CT molecular complexity index is 573. The van der Waals surface area contributed by atoms with Crippen molar-refractivity contribution in [1.82, 2.24) is 5.32 Å². The van der Waals surface area contributed by atoms with Gasteiger partial charge in [-0.25, -0.2) is 0 Å². The van der Waals surface area contributed by atoms with E-state index in [4.69, 9.17) is 0 Å². The molecule has 21 heavy (non-hydrogen) atoms. The number of rotatable bonds is 5. The minimum atomic E-state index is 0.00832. The van der Waals surface area contributed by atoms with Crippen LogP contribution in [-0.2, 0) is 5.41 Å². The summed E-state index contributed by atoms with van der Waals surface area (Å²) in [6, 6.07) is 15.1. The van der Waals surface area contributed by atoms with E-state index in [1.807, 2.05) is 25.1 Å². The average Bonchev–Trinajstić information content (AvgIpc) is 2.45. The fourth-order valence-corrected chi connectivity index (χ4v) is 2.39. The van der Waals surface area contributed by atoms with Gasteiger partial charge in [-0.2, -0.15) is 0 Å². The summed E-state index contributed by atoms with van der Waals surface area (Å²) in [5.74, 6) is 0.168. The van der Waals surface area contributed by atoms with Crippen LogP contribution in [0.4, 0.5) is 0 Å². The van der Waals surface area contributed by atoms with E-state index < -0.39 is 0 Å². The van der Waals surface area contributed by atoms with Crippen LogP contribution in [0.25, 0.3) is 0 Å². The highest BCUT2D eigenvalue weighted by Gasteiger charge is 2.21. The molecule has 3 heteroatoms. The van der Waals surface area contributed by atoms with Gasteiger partial charge in [0.2, 0.25) is 0 Å². The second-order valence-corrected chi connectivity index (χ2v) is 6.14. The number of hydrogen-bond donors (Lipinski definition) is 3. The molecule has 2 aromatic rings. The summed E-state index contributed by atoms with van der Waals surface area (Å²) in [6.45, 7) is 7.22. The quantitative estimate of drug-likeness (QED) is 0.784. The lowest BCUT2D eigenvalue weighted by Gasteiger charge is -2.28. The lowest BCUT2D eigenvalue weighted by molar-refractivity contribution is 0.427. The van der Waals surface area contributed by atoms with Crippen LogP contribution in [0.5, 0.6) is 11.5 Å². The van der Waals surface area contributed by atoms with E-state index in [2.05, 4.69) is 31.3 Å². The summed E-state index contributed by atoms with van der Waals surface area (Å²) >= 11 is 0. The minimum Gasteiger partial charge on any atom is -0.508 e. The van der Waals surface area contributed by atoms with Gasteiger partial charge in [0.05, 0.1) is 0 Å². The lowest BCUT2D eigenvalue weighted by atomic mass is 9.84. The van der Waals surface area contributed by atoms with Gasteiger partial charge >= 0.3 is 0 Å². The van der Waals surface area contributed by atoms with E-state index in [0.29, 0.717) is 0 Å². The first-order valence-electron chi connectivity index (χ1n) is 7.20. The Labute approximate surface area is 126 Å². The summed E-state index contributed by atoms with van der Waals surface area (Å²) < 4.78 is 0. The Balaban J connectivity index is 2.05. The van der Waals surface area contributed by atoms with Crippen molar-refractivity contribution in [3.8, 4) is 11.5 Å². The third-order valence-corrected chi connectivity index (χ3v) is 3.83. The van der Waals surface area contributed by atoms with E-state index in [1.165, 1.54) is 11.6 Å². The van der Waals surface area contributed by atoms with Crippen LogP contribution in [-0.4, -0.2) is 16.8 Å². The number of aromatic hydroxyl groups is 2. The molecule has 3 N–H and O–H groups in total. The maximum absolute atomic E-state index is 9.56. The fraction of sp³-hybridized carbons (Fsp3) is 0.333. The molecule has 0 aromatic heterocycles. The molecule has 0 aliphatic heterocycles. The van der Waals surface area contributed by atoms with Gasteiger partial charge in [-0.1, -0.05) is 44.2 Å². The van der Waals surface area contributed by atoms with E-state index in [9.17, 15) is 10.2 Å². The molecule has 3 nitrogen and oxygen atoms in total. The maximum atomic E-state index is 9.56. The normalized spacial score (nSPS) is 13.1. The maximum Gasteiger partial charge on any atom is 0.119 e. The molecule has 0 spiro atoms. The molecule has 112 valence electrons. The Morgan fingerprint density at radius 3 is 2.14 bits per heavy atom. The zero-order chi connectivity index (χ0) is 15.5. The van der Waals surface area contributed by atoms with E-state index in [1.54, 1.807) is 12.1 Å². The molecule has 0 bridgehead atoms. The van der Waals surface area contributed by atoms with Crippen LogP contribution in [0.3, 0.4) is 0 Å². The highest BCUT2D eigenvalue weighted by atomic mass is 16.3. The Kier molecular flexibility index (Phi) is 4.53. The third-order valence-electron chi connectivity index (χ3n) is 3.83. The van der Waals surface area contributed by atoms with Gasteiger partial charge in [0.15, 0.2) is 0 Å². The minimum absolute atomic E-state index is 0.00832. The first kappa shape index (κ1) is 15.4. The second-order valence-electron chi connectivity index (χ2n) is 6.14. The van der Waals surface area contributed by atoms with Crippen molar-refractivity contribution in [3.05, 3.63) is 59.7 Å². The first-order chi connectivity index (χ1) is 9.88. The van der Waals surface area contributed by atoms with Crippen LogP contribution in [0.2, 0.25) is 0 Å². The van der Waals surface area contributed by atoms with Gasteiger partial charge in [0.1, 0.15) is 11.5 Å². The molecular formula is C18H23NO2. The van der Waals surface area contributed by atoms with Crippen molar-refractivity contribution in [3.63, 3.8) is 0 Å². The SMILES string of the molecule is CC(NCC(C)(C)c1ccccc1)c1cc(O)cc(O)c1. The Morgan fingerprint density at radius 2 is 1.57 bits per heavy atom. The summed E-state index contributed by atoms with van der Waals surface area (Å²) in [6.07, 6.45) is 0. The Morgan fingerprint density at radius 1 is 1.00 bits per heavy atom. The largest absolute Gasteiger partial charge is 0.508 e. The Hall–Kier alpha value is -2.00. The average molecular weight is 285 g/mol. The summed E-state index contributed by atoms with van der Waals surface area (Å²) in [5.41, 5.74) is 2.16. The van der Waals surface area contributed by atoms with Crippen LogP contribution in [0.1, 0.15) is 37.9 Å². The third kappa shape index (κ3) is 3.99. The van der Waals surface area contributed by atoms with Gasteiger partial charge in [-0.05, 0) is 30.2 Å². The molecule has 1 atom stereocenters. The zero-order valence-electron chi connectivity index (χ0n) is 12.8. The van der Waals surface area contributed by atoms with Crippen molar-refractivity contribution >= 4 is 0 Å². The standard InChI is InChI=1S/C18H23NO2/c1-13(14-9-16(20)11-17(21)10-14)19-12-18(2,3)15-7-5-4-6-8-15/h4-11,13,19-21H,12H2,1-3H3. The predicted octanol–water partition coefficient (Wildman–Crippen LogP) is 3.73. The topological polar surface area (TPSA) is 52.5 Å². The van der Waals surface area contributed by atoms with E-state index in [-0.39, 0.29) is 23.0 Å². The van der Waals surface area contributed by atoms with Gasteiger partial charge in [0, 0.05) is 24.1 Å². The molecule has 0 fully saturated rings. The van der Waals surface area contributed by atoms with Gasteiger partial charge < -0.3 is 15.5 Å². The van der Waals surface area contributed by atoms with Crippen LogP contribution < -0.4 is 5.32 Å². The molecule has 0 radical (unpaired) electrons. The lowest BCUT2D eigenvalue weighted by Crippen LogP contribution is -2.34. The monoisotopic (exact) mass is 285 g/mol. The molecule has 0 saturated carbocycles.